The monoisotopic (exact) mass is 225 g/mol. The van der Waals surface area contributed by atoms with Crippen molar-refractivity contribution in [3.05, 3.63) is 18.0 Å². The van der Waals surface area contributed by atoms with E-state index in [2.05, 4.69) is 30.5 Å². The maximum absolute atomic E-state index is 5.46. The van der Waals surface area contributed by atoms with Crippen molar-refractivity contribution in [1.29, 1.82) is 0 Å². The van der Waals surface area contributed by atoms with E-state index in [1.165, 1.54) is 5.56 Å². The van der Waals surface area contributed by atoms with Crippen LogP contribution in [0.3, 0.4) is 0 Å². The lowest BCUT2D eigenvalue weighted by Gasteiger charge is -2.16. The minimum absolute atomic E-state index is 0.388. The van der Waals surface area contributed by atoms with Gasteiger partial charge in [-0.05, 0) is 32.4 Å². The van der Waals surface area contributed by atoms with Crippen LogP contribution in [-0.4, -0.2) is 35.6 Å². The van der Waals surface area contributed by atoms with Gasteiger partial charge in [-0.1, -0.05) is 6.92 Å². The Balaban J connectivity index is 2.46. The first-order valence-electron chi connectivity index (χ1n) is 6.12. The zero-order chi connectivity index (χ0) is 11.8. The van der Waals surface area contributed by atoms with Gasteiger partial charge in [-0.3, -0.25) is 4.68 Å². The molecule has 4 nitrogen and oxygen atoms in total. The summed E-state index contributed by atoms with van der Waals surface area (Å²) in [4.78, 5) is 0. The van der Waals surface area contributed by atoms with Gasteiger partial charge in [0, 0.05) is 25.4 Å². The molecule has 92 valence electrons. The van der Waals surface area contributed by atoms with Gasteiger partial charge in [-0.2, -0.15) is 5.10 Å². The Morgan fingerprint density at radius 2 is 2.25 bits per heavy atom. The summed E-state index contributed by atoms with van der Waals surface area (Å²) >= 11 is 0. The summed E-state index contributed by atoms with van der Waals surface area (Å²) in [6.07, 6.45) is 5.03. The first kappa shape index (κ1) is 13.2. The van der Waals surface area contributed by atoms with Gasteiger partial charge in [0.05, 0.1) is 12.8 Å². The lowest BCUT2D eigenvalue weighted by atomic mass is 10.1. The number of ether oxygens (including phenoxy) is 1. The third-order valence-corrected chi connectivity index (χ3v) is 2.51. The Kier molecular flexibility index (Phi) is 6.11. The number of hydrogen-bond acceptors (Lipinski definition) is 3. The van der Waals surface area contributed by atoms with Crippen molar-refractivity contribution >= 4 is 0 Å². The maximum atomic E-state index is 5.46. The summed E-state index contributed by atoms with van der Waals surface area (Å²) in [6, 6.07) is 0.388. The minimum Gasteiger partial charge on any atom is -0.380 e. The summed E-state index contributed by atoms with van der Waals surface area (Å²) in [5, 5.41) is 7.71. The molecule has 1 aromatic rings. The summed E-state index contributed by atoms with van der Waals surface area (Å²) in [5.74, 6) is 0. The summed E-state index contributed by atoms with van der Waals surface area (Å²) < 4.78 is 7.42. The predicted molar refractivity (Wildman–Crippen MR) is 65.6 cm³/mol. The molecule has 0 fully saturated rings. The minimum atomic E-state index is 0.388. The second kappa shape index (κ2) is 7.41. The summed E-state index contributed by atoms with van der Waals surface area (Å²) in [6.45, 7) is 9.68. The van der Waals surface area contributed by atoms with Crippen LogP contribution in [0.15, 0.2) is 12.4 Å². The van der Waals surface area contributed by atoms with Crippen molar-refractivity contribution in [2.45, 2.75) is 39.8 Å². The molecular weight excluding hydrogens is 202 g/mol. The van der Waals surface area contributed by atoms with Crippen LogP contribution in [0.2, 0.25) is 0 Å². The van der Waals surface area contributed by atoms with Crippen LogP contribution < -0.4 is 5.32 Å². The molecule has 1 rings (SSSR count). The molecule has 0 radical (unpaired) electrons. The zero-order valence-corrected chi connectivity index (χ0v) is 10.6. The molecule has 0 aliphatic heterocycles. The van der Waals surface area contributed by atoms with Gasteiger partial charge < -0.3 is 10.1 Å². The number of rotatable bonds is 8. The third-order valence-electron chi connectivity index (χ3n) is 2.51. The topological polar surface area (TPSA) is 39.1 Å². The Morgan fingerprint density at radius 1 is 1.44 bits per heavy atom. The molecule has 1 heterocycles. The van der Waals surface area contributed by atoms with Crippen molar-refractivity contribution in [2.24, 2.45) is 0 Å². The Hall–Kier alpha value is -0.870. The van der Waals surface area contributed by atoms with Crippen LogP contribution in [0.5, 0.6) is 0 Å². The fourth-order valence-corrected chi connectivity index (χ4v) is 1.71. The van der Waals surface area contributed by atoms with Crippen LogP contribution in [0.25, 0.3) is 0 Å². The van der Waals surface area contributed by atoms with E-state index in [0.29, 0.717) is 6.04 Å². The van der Waals surface area contributed by atoms with E-state index in [1.54, 1.807) is 0 Å². The van der Waals surface area contributed by atoms with Crippen LogP contribution in [0.4, 0.5) is 0 Å². The average molecular weight is 225 g/mol. The smallest absolute Gasteiger partial charge is 0.0622 e. The van der Waals surface area contributed by atoms with Gasteiger partial charge in [0.25, 0.3) is 0 Å². The quantitative estimate of drug-likeness (QED) is 0.728. The highest BCUT2D eigenvalue weighted by Gasteiger charge is 2.09. The molecule has 0 saturated heterocycles. The highest BCUT2D eigenvalue weighted by molar-refractivity contribution is 5.06. The van der Waals surface area contributed by atoms with Crippen LogP contribution in [0.1, 0.15) is 26.3 Å². The predicted octanol–water partition coefficient (Wildman–Crippen LogP) is 1.46. The number of hydrogen-bond donors (Lipinski definition) is 1. The van der Waals surface area contributed by atoms with Gasteiger partial charge >= 0.3 is 0 Å². The molecule has 0 aliphatic rings. The van der Waals surface area contributed by atoms with Gasteiger partial charge in [0.1, 0.15) is 0 Å². The average Bonchev–Trinajstić information content (AvgIpc) is 2.74. The van der Waals surface area contributed by atoms with Crippen molar-refractivity contribution in [3.63, 3.8) is 0 Å². The standard InChI is InChI=1S/C12H23N3O/c1-4-13-12(10-16-6-3)7-11-8-14-15(5-2)9-11/h8-9,12-13H,4-7,10H2,1-3H3. The normalized spacial score (nSPS) is 12.9. The molecule has 0 aromatic carbocycles. The molecule has 1 unspecified atom stereocenters. The molecule has 1 atom stereocenters. The molecule has 0 aliphatic carbocycles. The third kappa shape index (κ3) is 4.33. The first-order valence-corrected chi connectivity index (χ1v) is 6.12. The van der Waals surface area contributed by atoms with E-state index in [9.17, 15) is 0 Å². The van der Waals surface area contributed by atoms with Crippen LogP contribution in [0, 0.1) is 0 Å². The van der Waals surface area contributed by atoms with Gasteiger partial charge in [-0.25, -0.2) is 0 Å². The molecule has 0 amide bonds. The van der Waals surface area contributed by atoms with E-state index in [1.807, 2.05) is 17.8 Å². The van der Waals surface area contributed by atoms with E-state index in [4.69, 9.17) is 4.74 Å². The Bertz CT molecular complexity index is 286. The molecule has 0 saturated carbocycles. The van der Waals surface area contributed by atoms with Crippen LogP contribution in [-0.2, 0) is 17.7 Å². The van der Waals surface area contributed by atoms with Gasteiger partial charge in [0.2, 0.25) is 0 Å². The second-order valence-corrected chi connectivity index (χ2v) is 3.82. The fraction of sp³-hybridized carbons (Fsp3) is 0.750. The van der Waals surface area contributed by atoms with E-state index >= 15 is 0 Å². The molecule has 4 heteroatoms. The number of aryl methyl sites for hydroxylation is 1. The molecule has 1 aromatic heterocycles. The SMILES string of the molecule is CCNC(COCC)Cc1cnn(CC)c1. The Morgan fingerprint density at radius 3 is 2.81 bits per heavy atom. The number of nitrogens with zero attached hydrogens (tertiary/aromatic N) is 2. The summed E-state index contributed by atoms with van der Waals surface area (Å²) in [7, 11) is 0. The molecule has 1 N–H and O–H groups in total. The molecule has 16 heavy (non-hydrogen) atoms. The number of nitrogens with one attached hydrogen (secondary N) is 1. The lowest BCUT2D eigenvalue weighted by molar-refractivity contribution is 0.123. The first-order chi connectivity index (χ1) is 7.80. The maximum Gasteiger partial charge on any atom is 0.0622 e. The van der Waals surface area contributed by atoms with Crippen molar-refractivity contribution in [2.75, 3.05) is 19.8 Å². The van der Waals surface area contributed by atoms with Gasteiger partial charge in [-0.15, -0.1) is 0 Å². The molecule has 0 spiro atoms. The lowest BCUT2D eigenvalue weighted by Crippen LogP contribution is -2.35. The van der Waals surface area contributed by atoms with Crippen molar-refractivity contribution in [1.82, 2.24) is 15.1 Å². The van der Waals surface area contributed by atoms with Gasteiger partial charge in [0.15, 0.2) is 0 Å². The van der Waals surface area contributed by atoms with E-state index in [-0.39, 0.29) is 0 Å². The van der Waals surface area contributed by atoms with E-state index < -0.39 is 0 Å². The largest absolute Gasteiger partial charge is 0.380 e. The molecule has 0 bridgehead atoms. The summed E-state index contributed by atoms with van der Waals surface area (Å²) in [5.41, 5.74) is 1.27. The highest BCUT2D eigenvalue weighted by atomic mass is 16.5. The Labute approximate surface area is 98.0 Å². The number of likely N-dealkylation sites (N-methyl/N-ethyl adjacent to an activating group) is 1. The fourth-order valence-electron chi connectivity index (χ4n) is 1.71. The van der Waals surface area contributed by atoms with E-state index in [0.717, 1.165) is 32.7 Å². The number of aromatic nitrogens is 2. The van der Waals surface area contributed by atoms with Crippen molar-refractivity contribution < 1.29 is 4.74 Å². The van der Waals surface area contributed by atoms with Crippen LogP contribution >= 0.6 is 0 Å². The zero-order valence-electron chi connectivity index (χ0n) is 10.6. The van der Waals surface area contributed by atoms with Crippen molar-refractivity contribution in [3.8, 4) is 0 Å². The molecular formula is C12H23N3O. The highest BCUT2D eigenvalue weighted by Crippen LogP contribution is 2.03. The second-order valence-electron chi connectivity index (χ2n) is 3.82.